The van der Waals surface area contributed by atoms with E-state index in [1.807, 2.05) is 17.9 Å². The molecule has 1 aliphatic heterocycles. The molecule has 0 aromatic heterocycles. The quantitative estimate of drug-likeness (QED) is 0.900. The largest absolute Gasteiger partial charge is 0.337 e. The summed E-state index contributed by atoms with van der Waals surface area (Å²) in [6.45, 7) is 7.56. The first-order valence-electron chi connectivity index (χ1n) is 7.94. The van der Waals surface area contributed by atoms with Gasteiger partial charge in [-0.2, -0.15) is 0 Å². The fourth-order valence-electron chi connectivity index (χ4n) is 3.13. The molecule has 0 unspecified atom stereocenters. The monoisotopic (exact) mass is 289 g/mol. The number of likely N-dealkylation sites (tertiary alicyclic amines) is 1. The average Bonchev–Trinajstić information content (AvgIpc) is 2.49. The number of carbonyl (C=O) groups is 1. The number of rotatable bonds is 5. The molecule has 2 rings (SSSR count). The van der Waals surface area contributed by atoms with Crippen LogP contribution < -0.4 is 5.73 Å². The van der Waals surface area contributed by atoms with E-state index in [0.29, 0.717) is 6.04 Å². The van der Waals surface area contributed by atoms with Gasteiger partial charge >= 0.3 is 0 Å². The number of nitrogens with two attached hydrogens (primary N) is 1. The lowest BCUT2D eigenvalue weighted by Gasteiger charge is -2.39. The van der Waals surface area contributed by atoms with Crippen LogP contribution in [0.1, 0.15) is 32.3 Å². The summed E-state index contributed by atoms with van der Waals surface area (Å²) in [5.41, 5.74) is 7.11. The maximum Gasteiger partial charge on any atom is 0.239 e. The Balaban J connectivity index is 1.98. The number of carbonyl (C=O) groups excluding carboxylic acids is 1. The van der Waals surface area contributed by atoms with E-state index in [9.17, 15) is 4.79 Å². The highest BCUT2D eigenvalue weighted by atomic mass is 16.2. The molecule has 0 radical (unpaired) electrons. The second kappa shape index (κ2) is 7.57. The van der Waals surface area contributed by atoms with Gasteiger partial charge in [0.2, 0.25) is 5.91 Å². The Morgan fingerprint density at radius 1 is 1.43 bits per heavy atom. The highest BCUT2D eigenvalue weighted by Crippen LogP contribution is 2.18. The van der Waals surface area contributed by atoms with Crippen molar-refractivity contribution in [3.63, 3.8) is 0 Å². The van der Waals surface area contributed by atoms with Gasteiger partial charge in [-0.1, -0.05) is 30.3 Å². The van der Waals surface area contributed by atoms with Crippen molar-refractivity contribution in [1.82, 2.24) is 9.80 Å². The van der Waals surface area contributed by atoms with Crippen LogP contribution in [0.2, 0.25) is 0 Å². The molecule has 0 aliphatic carbocycles. The lowest BCUT2D eigenvalue weighted by molar-refractivity contribution is -0.135. The van der Waals surface area contributed by atoms with Gasteiger partial charge in [0, 0.05) is 25.7 Å². The Labute approximate surface area is 127 Å². The van der Waals surface area contributed by atoms with E-state index >= 15 is 0 Å². The zero-order chi connectivity index (χ0) is 15.2. The van der Waals surface area contributed by atoms with Crippen molar-refractivity contribution in [2.24, 2.45) is 5.73 Å². The predicted molar refractivity (Wildman–Crippen MR) is 85.8 cm³/mol. The van der Waals surface area contributed by atoms with Gasteiger partial charge in [-0.15, -0.1) is 0 Å². The van der Waals surface area contributed by atoms with E-state index in [4.69, 9.17) is 5.73 Å². The highest BCUT2D eigenvalue weighted by molar-refractivity contribution is 5.81. The second-order valence-corrected chi connectivity index (χ2v) is 5.93. The zero-order valence-electron chi connectivity index (χ0n) is 13.2. The summed E-state index contributed by atoms with van der Waals surface area (Å²) in [7, 11) is 0. The van der Waals surface area contributed by atoms with E-state index in [1.165, 1.54) is 5.56 Å². The number of hydrogen-bond donors (Lipinski definition) is 1. The molecule has 21 heavy (non-hydrogen) atoms. The van der Waals surface area contributed by atoms with Gasteiger partial charge in [0.25, 0.3) is 0 Å². The SMILES string of the molecule is CCN(C(=O)[C@H](C)N)[C@H]1CCCN(Cc2ccccc2)C1. The van der Waals surface area contributed by atoms with Crippen molar-refractivity contribution in [3.05, 3.63) is 35.9 Å². The van der Waals surface area contributed by atoms with Gasteiger partial charge in [0.1, 0.15) is 0 Å². The van der Waals surface area contributed by atoms with E-state index in [1.54, 1.807) is 6.92 Å². The first-order valence-corrected chi connectivity index (χ1v) is 7.94. The molecular weight excluding hydrogens is 262 g/mol. The third-order valence-electron chi connectivity index (χ3n) is 4.18. The normalized spacial score (nSPS) is 21.0. The molecule has 1 fully saturated rings. The van der Waals surface area contributed by atoms with Crippen LogP contribution in [0.25, 0.3) is 0 Å². The van der Waals surface area contributed by atoms with Crippen LogP contribution in [-0.2, 0) is 11.3 Å². The van der Waals surface area contributed by atoms with Crippen molar-refractivity contribution >= 4 is 5.91 Å². The van der Waals surface area contributed by atoms with Crippen LogP contribution in [-0.4, -0.2) is 47.4 Å². The van der Waals surface area contributed by atoms with Crippen molar-refractivity contribution in [2.45, 2.75) is 45.3 Å². The Bertz CT molecular complexity index is 447. The molecule has 4 heteroatoms. The number of amides is 1. The highest BCUT2D eigenvalue weighted by Gasteiger charge is 2.28. The van der Waals surface area contributed by atoms with Crippen molar-refractivity contribution in [1.29, 1.82) is 0 Å². The minimum absolute atomic E-state index is 0.0732. The predicted octanol–water partition coefficient (Wildman–Crippen LogP) is 1.85. The van der Waals surface area contributed by atoms with Gasteiger partial charge in [-0.25, -0.2) is 0 Å². The van der Waals surface area contributed by atoms with Crippen molar-refractivity contribution < 1.29 is 4.79 Å². The van der Waals surface area contributed by atoms with E-state index in [0.717, 1.165) is 39.0 Å². The lowest BCUT2D eigenvalue weighted by Crippen LogP contribution is -2.53. The number of benzene rings is 1. The van der Waals surface area contributed by atoms with Crippen LogP contribution >= 0.6 is 0 Å². The van der Waals surface area contributed by atoms with Crippen LogP contribution in [0.5, 0.6) is 0 Å². The molecule has 0 saturated carbocycles. The molecule has 1 amide bonds. The van der Waals surface area contributed by atoms with E-state index < -0.39 is 6.04 Å². The van der Waals surface area contributed by atoms with Crippen LogP contribution in [0.4, 0.5) is 0 Å². The van der Waals surface area contributed by atoms with Crippen LogP contribution in [0, 0.1) is 0 Å². The Kier molecular flexibility index (Phi) is 5.76. The van der Waals surface area contributed by atoms with E-state index in [-0.39, 0.29) is 5.91 Å². The maximum absolute atomic E-state index is 12.2. The molecule has 2 N–H and O–H groups in total. The van der Waals surface area contributed by atoms with Gasteiger partial charge in [-0.05, 0) is 38.8 Å². The topological polar surface area (TPSA) is 49.6 Å². The Morgan fingerprint density at radius 2 is 2.14 bits per heavy atom. The summed E-state index contributed by atoms with van der Waals surface area (Å²) < 4.78 is 0. The molecule has 0 spiro atoms. The summed E-state index contributed by atoms with van der Waals surface area (Å²) >= 11 is 0. The molecule has 0 bridgehead atoms. The fraction of sp³-hybridized carbons (Fsp3) is 0.588. The lowest BCUT2D eigenvalue weighted by atomic mass is 10.0. The number of nitrogens with zero attached hydrogens (tertiary/aromatic N) is 2. The molecule has 1 aromatic carbocycles. The average molecular weight is 289 g/mol. The first kappa shape index (κ1) is 16.0. The number of piperidine rings is 1. The summed E-state index contributed by atoms with van der Waals surface area (Å²) in [6, 6.07) is 10.4. The summed E-state index contributed by atoms with van der Waals surface area (Å²) in [6.07, 6.45) is 2.22. The maximum atomic E-state index is 12.2. The third kappa shape index (κ3) is 4.29. The van der Waals surface area contributed by atoms with E-state index in [2.05, 4.69) is 29.2 Å². The minimum atomic E-state index is -0.408. The number of hydrogen-bond acceptors (Lipinski definition) is 3. The second-order valence-electron chi connectivity index (χ2n) is 5.93. The van der Waals surface area contributed by atoms with Crippen molar-refractivity contribution in [3.8, 4) is 0 Å². The molecule has 1 aliphatic rings. The first-order chi connectivity index (χ1) is 10.1. The molecule has 2 atom stereocenters. The molecule has 4 nitrogen and oxygen atoms in total. The van der Waals surface area contributed by atoms with Crippen LogP contribution in [0.15, 0.2) is 30.3 Å². The Morgan fingerprint density at radius 3 is 2.76 bits per heavy atom. The molecule has 1 saturated heterocycles. The van der Waals surface area contributed by atoms with Gasteiger partial charge in [0.05, 0.1) is 6.04 Å². The number of likely N-dealkylation sites (N-methyl/N-ethyl adjacent to an activating group) is 1. The van der Waals surface area contributed by atoms with Crippen molar-refractivity contribution in [2.75, 3.05) is 19.6 Å². The summed E-state index contributed by atoms with van der Waals surface area (Å²) in [4.78, 5) is 16.6. The van der Waals surface area contributed by atoms with Gasteiger partial charge in [0.15, 0.2) is 0 Å². The van der Waals surface area contributed by atoms with Gasteiger partial charge in [-0.3, -0.25) is 9.69 Å². The Hall–Kier alpha value is -1.39. The fourth-order valence-corrected chi connectivity index (χ4v) is 3.13. The minimum Gasteiger partial charge on any atom is -0.337 e. The summed E-state index contributed by atoms with van der Waals surface area (Å²) in [5.74, 6) is 0.0732. The molecule has 1 aromatic rings. The zero-order valence-corrected chi connectivity index (χ0v) is 13.2. The molecular formula is C17H27N3O. The molecule has 116 valence electrons. The standard InChI is InChI=1S/C17H27N3O/c1-3-20(17(21)14(2)18)16-10-7-11-19(13-16)12-15-8-5-4-6-9-15/h4-6,8-9,14,16H,3,7,10-13,18H2,1-2H3/t14-,16-/m0/s1. The van der Waals surface area contributed by atoms with Crippen LogP contribution in [0.3, 0.4) is 0 Å². The third-order valence-corrected chi connectivity index (χ3v) is 4.18. The molecule has 1 heterocycles. The smallest absolute Gasteiger partial charge is 0.239 e. The summed E-state index contributed by atoms with van der Waals surface area (Å²) in [5, 5.41) is 0. The van der Waals surface area contributed by atoms with Gasteiger partial charge < -0.3 is 10.6 Å².